The third-order valence-corrected chi connectivity index (χ3v) is 5.51. The predicted molar refractivity (Wildman–Crippen MR) is 110 cm³/mol. The van der Waals surface area contributed by atoms with Crippen LogP contribution in [0.3, 0.4) is 0 Å². The maximum absolute atomic E-state index is 12.7. The van der Waals surface area contributed by atoms with E-state index in [9.17, 15) is 19.2 Å². The second-order valence-corrected chi connectivity index (χ2v) is 7.61. The van der Waals surface area contributed by atoms with Gasteiger partial charge in [-0.3, -0.25) is 24.1 Å². The third kappa shape index (κ3) is 5.56. The Labute approximate surface area is 175 Å². The van der Waals surface area contributed by atoms with E-state index in [1.165, 1.54) is 7.11 Å². The molecule has 3 amide bonds. The molecule has 1 aromatic carbocycles. The average Bonchev–Trinajstić information content (AvgIpc) is 3.23. The van der Waals surface area contributed by atoms with Gasteiger partial charge in [-0.05, 0) is 25.0 Å². The van der Waals surface area contributed by atoms with E-state index in [-0.39, 0.29) is 36.7 Å². The fourth-order valence-electron chi connectivity index (χ4n) is 3.91. The molecular formula is C21H28N4O5. The van der Waals surface area contributed by atoms with Crippen molar-refractivity contribution in [2.75, 3.05) is 32.1 Å². The van der Waals surface area contributed by atoms with Gasteiger partial charge in [-0.25, -0.2) is 0 Å². The summed E-state index contributed by atoms with van der Waals surface area (Å²) in [6, 6.07) is 6.26. The molecule has 1 aromatic rings. The second-order valence-electron chi connectivity index (χ2n) is 7.61. The van der Waals surface area contributed by atoms with Crippen molar-refractivity contribution in [1.29, 1.82) is 0 Å². The Morgan fingerprint density at radius 1 is 1.20 bits per heavy atom. The summed E-state index contributed by atoms with van der Waals surface area (Å²) in [6.07, 6.45) is 4.03. The number of hydrogen-bond acceptors (Lipinski definition) is 6. The van der Waals surface area contributed by atoms with Gasteiger partial charge in [-0.1, -0.05) is 25.0 Å². The Hall–Kier alpha value is -2.94. The van der Waals surface area contributed by atoms with Crippen molar-refractivity contribution in [3.05, 3.63) is 29.8 Å². The lowest BCUT2D eigenvalue weighted by Crippen LogP contribution is -2.57. The zero-order chi connectivity index (χ0) is 21.5. The molecule has 1 atom stereocenters. The summed E-state index contributed by atoms with van der Waals surface area (Å²) in [5, 5.41) is 8.50. The Kier molecular flexibility index (Phi) is 7.40. The molecule has 1 heterocycles. The van der Waals surface area contributed by atoms with Crippen molar-refractivity contribution >= 4 is 29.4 Å². The number of anilines is 1. The molecule has 0 bridgehead atoms. The standard InChI is InChI=1S/C21H28N4O5/c1-30-19(27)12-17-21(29)22-10-11-25(17)13-18(26)24-16-9-5-4-8-15(16)20(28)23-14-6-2-3-7-14/h4-5,8-9,14,17H,2-3,6-7,10-13H2,1H3,(H,22,29)(H,23,28)(H,24,26)/t17-/m1/s1. The highest BCUT2D eigenvalue weighted by molar-refractivity contribution is 6.04. The van der Waals surface area contributed by atoms with Crippen LogP contribution in [0.5, 0.6) is 0 Å². The number of rotatable bonds is 7. The number of benzene rings is 1. The van der Waals surface area contributed by atoms with Gasteiger partial charge in [0.25, 0.3) is 5.91 Å². The van der Waals surface area contributed by atoms with Crippen LogP contribution < -0.4 is 16.0 Å². The van der Waals surface area contributed by atoms with Gasteiger partial charge in [-0.15, -0.1) is 0 Å². The Morgan fingerprint density at radius 3 is 2.67 bits per heavy atom. The van der Waals surface area contributed by atoms with Gasteiger partial charge in [0.1, 0.15) is 6.04 Å². The molecule has 1 aliphatic heterocycles. The summed E-state index contributed by atoms with van der Waals surface area (Å²) in [5.74, 6) is -1.40. The number of hydrogen-bond donors (Lipinski definition) is 3. The lowest BCUT2D eigenvalue weighted by atomic mass is 10.1. The van der Waals surface area contributed by atoms with E-state index in [4.69, 9.17) is 0 Å². The molecule has 162 valence electrons. The highest BCUT2D eigenvalue weighted by atomic mass is 16.5. The molecule has 9 nitrogen and oxygen atoms in total. The number of nitrogens with zero attached hydrogens (tertiary/aromatic N) is 1. The smallest absolute Gasteiger partial charge is 0.307 e. The molecule has 3 N–H and O–H groups in total. The summed E-state index contributed by atoms with van der Waals surface area (Å²) in [4.78, 5) is 50.8. The number of nitrogens with one attached hydrogen (secondary N) is 3. The number of esters is 1. The van der Waals surface area contributed by atoms with Crippen molar-refractivity contribution in [2.45, 2.75) is 44.2 Å². The summed E-state index contributed by atoms with van der Waals surface area (Å²) >= 11 is 0. The zero-order valence-corrected chi connectivity index (χ0v) is 17.1. The molecule has 1 saturated carbocycles. The van der Waals surface area contributed by atoms with Crippen LogP contribution in [0.2, 0.25) is 0 Å². The van der Waals surface area contributed by atoms with E-state index in [0.717, 1.165) is 25.7 Å². The summed E-state index contributed by atoms with van der Waals surface area (Å²) in [6.45, 7) is 0.752. The molecule has 1 aliphatic carbocycles. The fraction of sp³-hybridized carbons (Fsp3) is 0.524. The first-order chi connectivity index (χ1) is 14.5. The van der Waals surface area contributed by atoms with E-state index in [1.54, 1.807) is 29.2 Å². The highest BCUT2D eigenvalue weighted by Gasteiger charge is 2.33. The molecule has 0 unspecified atom stereocenters. The van der Waals surface area contributed by atoms with Crippen molar-refractivity contribution in [3.8, 4) is 0 Å². The van der Waals surface area contributed by atoms with Gasteiger partial charge in [0.2, 0.25) is 11.8 Å². The summed E-state index contributed by atoms with van der Waals surface area (Å²) in [7, 11) is 1.26. The number of ether oxygens (including phenoxy) is 1. The second kappa shape index (κ2) is 10.2. The lowest BCUT2D eigenvalue weighted by molar-refractivity contribution is -0.146. The third-order valence-electron chi connectivity index (χ3n) is 5.51. The maximum atomic E-state index is 12.7. The zero-order valence-electron chi connectivity index (χ0n) is 17.1. The van der Waals surface area contributed by atoms with E-state index in [0.29, 0.717) is 24.3 Å². The average molecular weight is 416 g/mol. The minimum absolute atomic E-state index is 0.0757. The molecule has 9 heteroatoms. The predicted octanol–water partition coefficient (Wildman–Crippen LogP) is 0.661. The van der Waals surface area contributed by atoms with E-state index in [2.05, 4.69) is 20.7 Å². The van der Waals surface area contributed by atoms with Crippen LogP contribution in [0, 0.1) is 0 Å². The van der Waals surface area contributed by atoms with Gasteiger partial charge in [-0.2, -0.15) is 0 Å². The molecule has 0 spiro atoms. The molecule has 2 aliphatic rings. The van der Waals surface area contributed by atoms with E-state index in [1.807, 2.05) is 0 Å². The van der Waals surface area contributed by atoms with Gasteiger partial charge in [0, 0.05) is 19.1 Å². The van der Waals surface area contributed by atoms with Gasteiger partial charge in [0.15, 0.2) is 0 Å². The summed E-state index contributed by atoms with van der Waals surface area (Å²) < 4.78 is 4.66. The maximum Gasteiger partial charge on any atom is 0.307 e. The first kappa shape index (κ1) is 21.8. The van der Waals surface area contributed by atoms with Gasteiger partial charge < -0.3 is 20.7 Å². The largest absolute Gasteiger partial charge is 0.469 e. The molecule has 3 rings (SSSR count). The van der Waals surface area contributed by atoms with Crippen LogP contribution in [0.4, 0.5) is 5.69 Å². The minimum atomic E-state index is -0.766. The fourth-order valence-corrected chi connectivity index (χ4v) is 3.91. The Bertz CT molecular complexity index is 806. The molecule has 1 saturated heterocycles. The first-order valence-corrected chi connectivity index (χ1v) is 10.3. The van der Waals surface area contributed by atoms with Crippen molar-refractivity contribution in [1.82, 2.24) is 15.5 Å². The molecule has 0 aromatic heterocycles. The number of carbonyl (C=O) groups is 4. The molecule has 30 heavy (non-hydrogen) atoms. The number of carbonyl (C=O) groups excluding carboxylic acids is 4. The van der Waals surface area contributed by atoms with E-state index < -0.39 is 12.0 Å². The van der Waals surface area contributed by atoms with Gasteiger partial charge >= 0.3 is 5.97 Å². The normalized spacial score (nSPS) is 19.8. The van der Waals surface area contributed by atoms with Gasteiger partial charge in [0.05, 0.1) is 31.3 Å². The van der Waals surface area contributed by atoms with Crippen LogP contribution in [0.1, 0.15) is 42.5 Å². The van der Waals surface area contributed by atoms with Crippen molar-refractivity contribution < 1.29 is 23.9 Å². The Balaban J connectivity index is 1.64. The molecule has 2 fully saturated rings. The topological polar surface area (TPSA) is 117 Å². The van der Waals surface area contributed by atoms with Crippen LogP contribution in [-0.4, -0.2) is 67.4 Å². The summed E-state index contributed by atoms with van der Waals surface area (Å²) in [5.41, 5.74) is 0.823. The number of amides is 3. The number of para-hydroxylation sites is 1. The highest BCUT2D eigenvalue weighted by Crippen LogP contribution is 2.20. The van der Waals surface area contributed by atoms with Crippen LogP contribution >= 0.6 is 0 Å². The first-order valence-electron chi connectivity index (χ1n) is 10.3. The Morgan fingerprint density at radius 2 is 1.93 bits per heavy atom. The van der Waals surface area contributed by atoms with Crippen LogP contribution in [0.15, 0.2) is 24.3 Å². The van der Waals surface area contributed by atoms with Crippen LogP contribution in [-0.2, 0) is 19.1 Å². The number of methoxy groups -OCH3 is 1. The molecule has 0 radical (unpaired) electrons. The van der Waals surface area contributed by atoms with Crippen molar-refractivity contribution in [2.24, 2.45) is 0 Å². The SMILES string of the molecule is COC(=O)C[C@@H]1C(=O)NCCN1CC(=O)Nc1ccccc1C(=O)NC1CCCC1. The minimum Gasteiger partial charge on any atom is -0.469 e. The lowest BCUT2D eigenvalue weighted by Gasteiger charge is -2.33. The van der Waals surface area contributed by atoms with Crippen molar-refractivity contribution in [3.63, 3.8) is 0 Å². The van der Waals surface area contributed by atoms with E-state index >= 15 is 0 Å². The number of piperazine rings is 1. The van der Waals surface area contributed by atoms with Crippen LogP contribution in [0.25, 0.3) is 0 Å². The molecular weight excluding hydrogens is 388 g/mol. The quantitative estimate of drug-likeness (QED) is 0.562. The monoisotopic (exact) mass is 416 g/mol.